The van der Waals surface area contributed by atoms with E-state index in [1.165, 1.54) is 4.31 Å². The van der Waals surface area contributed by atoms with Gasteiger partial charge in [0.05, 0.1) is 6.61 Å². The SMILES string of the molecule is Cc1cc(F)c(S(=O)(=O)N(CCO)C2CCC2)cc1N. The highest BCUT2D eigenvalue weighted by Crippen LogP contribution is 2.31. The molecule has 3 N–H and O–H groups in total. The maximum Gasteiger partial charge on any atom is 0.246 e. The van der Waals surface area contributed by atoms with E-state index in [4.69, 9.17) is 10.8 Å². The second kappa shape index (κ2) is 5.67. The summed E-state index contributed by atoms with van der Waals surface area (Å²) in [6, 6.07) is 2.12. The first-order valence-electron chi connectivity index (χ1n) is 6.56. The van der Waals surface area contributed by atoms with Gasteiger partial charge in [0.2, 0.25) is 10.0 Å². The van der Waals surface area contributed by atoms with Gasteiger partial charge >= 0.3 is 0 Å². The van der Waals surface area contributed by atoms with Crippen molar-refractivity contribution in [1.82, 2.24) is 4.31 Å². The zero-order valence-electron chi connectivity index (χ0n) is 11.3. The number of sulfonamides is 1. The van der Waals surface area contributed by atoms with E-state index in [1.54, 1.807) is 6.92 Å². The molecule has 112 valence electrons. The molecule has 7 heteroatoms. The van der Waals surface area contributed by atoms with E-state index in [0.717, 1.165) is 31.4 Å². The largest absolute Gasteiger partial charge is 0.398 e. The van der Waals surface area contributed by atoms with E-state index < -0.39 is 20.7 Å². The van der Waals surface area contributed by atoms with Crippen LogP contribution in [0.4, 0.5) is 10.1 Å². The highest BCUT2D eigenvalue weighted by atomic mass is 32.2. The first-order valence-corrected chi connectivity index (χ1v) is 8.00. The number of nitrogens with zero attached hydrogens (tertiary/aromatic N) is 1. The van der Waals surface area contributed by atoms with Crippen molar-refractivity contribution in [3.63, 3.8) is 0 Å². The number of nitrogen functional groups attached to an aromatic ring is 1. The summed E-state index contributed by atoms with van der Waals surface area (Å²) < 4.78 is 40.3. The van der Waals surface area contributed by atoms with Crippen molar-refractivity contribution in [1.29, 1.82) is 0 Å². The number of hydrogen-bond acceptors (Lipinski definition) is 4. The standard InChI is InChI=1S/C13H19FN2O3S/c1-9-7-11(14)13(8-12(9)15)20(18,19)16(5-6-17)10-3-2-4-10/h7-8,10,17H,2-6,15H2,1H3. The molecule has 1 aromatic carbocycles. The number of benzene rings is 1. The van der Waals surface area contributed by atoms with Crippen LogP contribution in [-0.4, -0.2) is 37.0 Å². The molecular formula is C13H19FN2O3S. The van der Waals surface area contributed by atoms with Gasteiger partial charge in [-0.1, -0.05) is 6.42 Å². The monoisotopic (exact) mass is 302 g/mol. The molecule has 0 atom stereocenters. The van der Waals surface area contributed by atoms with Crippen LogP contribution in [0, 0.1) is 12.7 Å². The lowest BCUT2D eigenvalue weighted by atomic mass is 9.93. The topological polar surface area (TPSA) is 83.6 Å². The lowest BCUT2D eigenvalue weighted by Crippen LogP contribution is -2.45. The van der Waals surface area contributed by atoms with Crippen LogP contribution in [0.2, 0.25) is 0 Å². The van der Waals surface area contributed by atoms with Gasteiger partial charge in [-0.2, -0.15) is 4.31 Å². The van der Waals surface area contributed by atoms with Crippen molar-refractivity contribution in [3.05, 3.63) is 23.5 Å². The highest BCUT2D eigenvalue weighted by molar-refractivity contribution is 7.89. The Morgan fingerprint density at radius 1 is 1.45 bits per heavy atom. The van der Waals surface area contributed by atoms with Crippen molar-refractivity contribution in [2.75, 3.05) is 18.9 Å². The third-order valence-electron chi connectivity index (χ3n) is 3.71. The number of aliphatic hydroxyl groups excluding tert-OH is 1. The van der Waals surface area contributed by atoms with Crippen molar-refractivity contribution in [3.8, 4) is 0 Å². The van der Waals surface area contributed by atoms with Crippen LogP contribution < -0.4 is 5.73 Å². The summed E-state index contributed by atoms with van der Waals surface area (Å²) in [6.45, 7) is 1.30. The molecule has 20 heavy (non-hydrogen) atoms. The molecule has 0 heterocycles. The predicted octanol–water partition coefficient (Wildman–Crippen LogP) is 1.25. The Balaban J connectivity index is 2.44. The molecule has 0 aliphatic heterocycles. The van der Waals surface area contributed by atoms with Gasteiger partial charge in [-0.3, -0.25) is 0 Å². The lowest BCUT2D eigenvalue weighted by Gasteiger charge is -2.36. The van der Waals surface area contributed by atoms with Gasteiger partial charge in [-0.05, 0) is 37.5 Å². The van der Waals surface area contributed by atoms with Crippen molar-refractivity contribution in [2.24, 2.45) is 0 Å². The number of halogens is 1. The molecule has 0 amide bonds. The van der Waals surface area contributed by atoms with Gasteiger partial charge in [0, 0.05) is 18.3 Å². The minimum atomic E-state index is -3.97. The summed E-state index contributed by atoms with van der Waals surface area (Å²) in [7, 11) is -3.97. The summed E-state index contributed by atoms with van der Waals surface area (Å²) in [6.07, 6.45) is 2.42. The molecule has 1 fully saturated rings. The summed E-state index contributed by atoms with van der Waals surface area (Å²) in [4.78, 5) is -0.416. The summed E-state index contributed by atoms with van der Waals surface area (Å²) >= 11 is 0. The van der Waals surface area contributed by atoms with Gasteiger partial charge in [0.1, 0.15) is 10.7 Å². The third-order valence-corrected chi connectivity index (χ3v) is 5.68. The predicted molar refractivity (Wildman–Crippen MR) is 74.2 cm³/mol. The van der Waals surface area contributed by atoms with E-state index in [9.17, 15) is 12.8 Å². The molecule has 1 saturated carbocycles. The van der Waals surface area contributed by atoms with Crippen molar-refractivity contribution in [2.45, 2.75) is 37.1 Å². The van der Waals surface area contributed by atoms with E-state index in [-0.39, 0.29) is 24.9 Å². The van der Waals surface area contributed by atoms with Gasteiger partial charge in [-0.25, -0.2) is 12.8 Å². The second-order valence-electron chi connectivity index (χ2n) is 5.06. The Hall–Kier alpha value is -1.18. The van der Waals surface area contributed by atoms with Crippen LogP contribution in [0.5, 0.6) is 0 Å². The van der Waals surface area contributed by atoms with Gasteiger partial charge in [-0.15, -0.1) is 0 Å². The van der Waals surface area contributed by atoms with Crippen LogP contribution in [0.1, 0.15) is 24.8 Å². The van der Waals surface area contributed by atoms with Crippen LogP contribution in [0.15, 0.2) is 17.0 Å². The summed E-state index contributed by atoms with van der Waals surface area (Å²) in [5.74, 6) is -0.807. The van der Waals surface area contributed by atoms with Crippen molar-refractivity contribution >= 4 is 15.7 Å². The fraction of sp³-hybridized carbons (Fsp3) is 0.538. The Kier molecular flexibility index (Phi) is 4.31. The lowest BCUT2D eigenvalue weighted by molar-refractivity contribution is 0.178. The van der Waals surface area contributed by atoms with Gasteiger partial charge in [0.15, 0.2) is 0 Å². The fourth-order valence-corrected chi connectivity index (χ4v) is 4.02. The Morgan fingerprint density at radius 2 is 2.10 bits per heavy atom. The molecule has 1 aliphatic carbocycles. The van der Waals surface area contributed by atoms with Crippen LogP contribution >= 0.6 is 0 Å². The van der Waals surface area contributed by atoms with Gasteiger partial charge in [0.25, 0.3) is 0 Å². The first kappa shape index (κ1) is 15.2. The number of aryl methyl sites for hydroxylation is 1. The van der Waals surface area contributed by atoms with E-state index in [1.807, 2.05) is 0 Å². The van der Waals surface area contributed by atoms with Crippen LogP contribution in [0.25, 0.3) is 0 Å². The third kappa shape index (κ3) is 2.65. The average Bonchev–Trinajstić information content (AvgIpc) is 2.30. The van der Waals surface area contributed by atoms with Gasteiger partial charge < -0.3 is 10.8 Å². The van der Waals surface area contributed by atoms with Crippen molar-refractivity contribution < 1.29 is 17.9 Å². The Bertz CT molecular complexity index is 600. The number of aliphatic hydroxyl groups is 1. The Labute approximate surface area is 118 Å². The van der Waals surface area contributed by atoms with Crippen LogP contribution in [-0.2, 0) is 10.0 Å². The van der Waals surface area contributed by atoms with Crippen LogP contribution in [0.3, 0.4) is 0 Å². The second-order valence-corrected chi connectivity index (χ2v) is 6.92. The minimum absolute atomic E-state index is 0.0276. The summed E-state index contributed by atoms with van der Waals surface area (Å²) in [5, 5.41) is 9.06. The average molecular weight is 302 g/mol. The molecule has 1 aliphatic rings. The molecule has 1 aromatic rings. The molecule has 0 unspecified atom stereocenters. The maximum atomic E-state index is 14.0. The van der Waals surface area contributed by atoms with E-state index in [2.05, 4.69) is 0 Å². The maximum absolute atomic E-state index is 14.0. The zero-order chi connectivity index (χ0) is 14.9. The van der Waals surface area contributed by atoms with E-state index in [0.29, 0.717) is 5.56 Å². The minimum Gasteiger partial charge on any atom is -0.398 e. The molecule has 5 nitrogen and oxygen atoms in total. The quantitative estimate of drug-likeness (QED) is 0.802. The first-order chi connectivity index (χ1) is 9.37. The number of rotatable bonds is 5. The van der Waals surface area contributed by atoms with E-state index >= 15 is 0 Å². The molecule has 0 radical (unpaired) electrons. The molecule has 0 aromatic heterocycles. The fourth-order valence-electron chi connectivity index (χ4n) is 2.26. The smallest absolute Gasteiger partial charge is 0.246 e. The number of hydrogen-bond donors (Lipinski definition) is 2. The number of nitrogens with two attached hydrogens (primary N) is 1. The Morgan fingerprint density at radius 3 is 2.60 bits per heavy atom. The molecule has 0 saturated heterocycles. The highest BCUT2D eigenvalue weighted by Gasteiger charge is 2.36. The molecule has 0 bridgehead atoms. The normalized spacial score (nSPS) is 16.4. The molecule has 0 spiro atoms. The molecule has 2 rings (SSSR count). The number of anilines is 1. The zero-order valence-corrected chi connectivity index (χ0v) is 12.2. The summed E-state index contributed by atoms with van der Waals surface area (Å²) in [5.41, 5.74) is 6.42. The molecular weight excluding hydrogens is 283 g/mol.